The standard InChI is InChI=1S/C38H66N8O7/c1-5-25(4)33(36(50)44-31(38(52)53)21-24(2)3)45-34(48)30(22-26-14-16-28(47)17-15-26)43-35(49)32-13-10-20-46(32)37(51)29(12-7-9-19-40)42-23-27(41)11-6-8-18-39/h14-17,24-25,27,29-33,42,47H,5-13,18-23,39-41H2,1-4H3,(H,43,49)(H,44,50)(H,45,48)(H,52,53)/t25-,27-,29-,30+,31-,32-,33+/m1/s1. The van der Waals surface area contributed by atoms with Crippen LogP contribution in [0.5, 0.6) is 5.75 Å². The van der Waals surface area contributed by atoms with Crippen molar-refractivity contribution in [3.63, 3.8) is 0 Å². The number of nitrogens with zero attached hydrogens (tertiary/aromatic N) is 1. The van der Waals surface area contributed by atoms with E-state index < -0.39 is 53.9 Å². The molecule has 0 radical (unpaired) electrons. The van der Waals surface area contributed by atoms with E-state index in [2.05, 4.69) is 21.3 Å². The van der Waals surface area contributed by atoms with Gasteiger partial charge in [0, 0.05) is 25.6 Å². The first-order chi connectivity index (χ1) is 25.2. The van der Waals surface area contributed by atoms with Crippen LogP contribution in [0.4, 0.5) is 0 Å². The van der Waals surface area contributed by atoms with Crippen molar-refractivity contribution in [1.82, 2.24) is 26.2 Å². The maximum atomic E-state index is 14.0. The van der Waals surface area contributed by atoms with E-state index in [1.807, 2.05) is 20.8 Å². The highest BCUT2D eigenvalue weighted by atomic mass is 16.4. The van der Waals surface area contributed by atoms with E-state index in [9.17, 15) is 34.2 Å². The molecule has 12 N–H and O–H groups in total. The zero-order valence-electron chi connectivity index (χ0n) is 32.1. The number of aromatic hydroxyl groups is 1. The molecule has 2 rings (SSSR count). The highest BCUT2D eigenvalue weighted by molar-refractivity contribution is 5.96. The summed E-state index contributed by atoms with van der Waals surface area (Å²) >= 11 is 0. The number of likely N-dealkylation sites (tertiary alicyclic amines) is 1. The lowest BCUT2D eigenvalue weighted by Crippen LogP contribution is -2.60. The molecule has 0 unspecified atom stereocenters. The zero-order chi connectivity index (χ0) is 39.5. The van der Waals surface area contributed by atoms with Gasteiger partial charge in [0.1, 0.15) is 29.9 Å². The minimum Gasteiger partial charge on any atom is -0.508 e. The van der Waals surface area contributed by atoms with Gasteiger partial charge in [-0.2, -0.15) is 0 Å². The molecule has 0 saturated carbocycles. The van der Waals surface area contributed by atoms with Crippen molar-refractivity contribution in [2.24, 2.45) is 29.0 Å². The number of carboxylic acids is 1. The first-order valence-corrected chi connectivity index (χ1v) is 19.3. The Morgan fingerprint density at radius 3 is 2.09 bits per heavy atom. The van der Waals surface area contributed by atoms with Crippen molar-refractivity contribution in [3.05, 3.63) is 29.8 Å². The van der Waals surface area contributed by atoms with Crippen LogP contribution in [0.2, 0.25) is 0 Å². The van der Waals surface area contributed by atoms with Gasteiger partial charge in [0.15, 0.2) is 0 Å². The molecule has 0 aliphatic carbocycles. The van der Waals surface area contributed by atoms with Crippen LogP contribution < -0.4 is 38.5 Å². The van der Waals surface area contributed by atoms with Crippen LogP contribution in [0.25, 0.3) is 0 Å². The monoisotopic (exact) mass is 747 g/mol. The van der Waals surface area contributed by atoms with Gasteiger partial charge in [-0.1, -0.05) is 59.1 Å². The van der Waals surface area contributed by atoms with Gasteiger partial charge >= 0.3 is 5.97 Å². The number of phenolic OH excluding ortho intramolecular Hbond substituents is 1. The first-order valence-electron chi connectivity index (χ1n) is 19.3. The number of nitrogens with two attached hydrogens (primary N) is 3. The summed E-state index contributed by atoms with van der Waals surface area (Å²) in [6.07, 6.45) is 6.29. The average molecular weight is 747 g/mol. The summed E-state index contributed by atoms with van der Waals surface area (Å²) in [7, 11) is 0. The van der Waals surface area contributed by atoms with Crippen molar-refractivity contribution < 1.29 is 34.2 Å². The van der Waals surface area contributed by atoms with Gasteiger partial charge in [0.05, 0.1) is 6.04 Å². The molecule has 15 nitrogen and oxygen atoms in total. The number of benzene rings is 1. The summed E-state index contributed by atoms with van der Waals surface area (Å²) in [6, 6.07) is 1.30. The number of hydrogen-bond acceptors (Lipinski definition) is 10. The molecule has 300 valence electrons. The van der Waals surface area contributed by atoms with Gasteiger partial charge in [-0.05, 0) is 87.6 Å². The Kier molecular flexibility index (Phi) is 20.4. The summed E-state index contributed by atoms with van der Waals surface area (Å²) in [4.78, 5) is 69.0. The minimum atomic E-state index is -1.17. The summed E-state index contributed by atoms with van der Waals surface area (Å²) in [5.74, 6) is -3.47. The number of unbranched alkanes of at least 4 members (excludes halogenated alkanes) is 2. The molecule has 1 fully saturated rings. The predicted octanol–water partition coefficient (Wildman–Crippen LogP) is 1.10. The Bertz CT molecular complexity index is 1300. The molecule has 1 aromatic rings. The molecular weight excluding hydrogens is 680 g/mol. The summed E-state index contributed by atoms with van der Waals surface area (Å²) in [6.45, 7) is 9.24. The molecule has 15 heteroatoms. The van der Waals surface area contributed by atoms with Crippen molar-refractivity contribution >= 4 is 29.6 Å². The van der Waals surface area contributed by atoms with Gasteiger partial charge in [0.2, 0.25) is 23.6 Å². The third-order valence-corrected chi connectivity index (χ3v) is 9.86. The van der Waals surface area contributed by atoms with Crippen LogP contribution in [0.3, 0.4) is 0 Å². The number of carbonyl (C=O) groups is 5. The highest BCUT2D eigenvalue weighted by Crippen LogP contribution is 2.21. The van der Waals surface area contributed by atoms with Crippen molar-refractivity contribution in [1.29, 1.82) is 0 Å². The van der Waals surface area contributed by atoms with Crippen LogP contribution in [0.15, 0.2) is 24.3 Å². The second kappa shape index (κ2) is 23.8. The van der Waals surface area contributed by atoms with Crippen LogP contribution in [0, 0.1) is 11.8 Å². The van der Waals surface area contributed by atoms with Crippen molar-refractivity contribution in [2.45, 2.75) is 135 Å². The molecule has 7 atom stereocenters. The predicted molar refractivity (Wildman–Crippen MR) is 204 cm³/mol. The molecule has 1 saturated heterocycles. The Morgan fingerprint density at radius 2 is 1.51 bits per heavy atom. The molecule has 0 spiro atoms. The van der Waals surface area contributed by atoms with Gasteiger partial charge in [0.25, 0.3) is 0 Å². The number of nitrogens with one attached hydrogen (secondary N) is 4. The number of phenols is 1. The fourth-order valence-electron chi connectivity index (χ4n) is 6.51. The topological polar surface area (TPSA) is 255 Å². The Morgan fingerprint density at radius 1 is 0.868 bits per heavy atom. The number of amides is 4. The maximum absolute atomic E-state index is 14.0. The van der Waals surface area contributed by atoms with Crippen LogP contribution in [0.1, 0.15) is 97.5 Å². The largest absolute Gasteiger partial charge is 0.508 e. The number of carbonyl (C=O) groups excluding carboxylic acids is 4. The molecule has 1 aliphatic heterocycles. The molecule has 0 bridgehead atoms. The Labute approximate surface area is 314 Å². The molecule has 1 aromatic carbocycles. The number of rotatable bonds is 25. The molecule has 53 heavy (non-hydrogen) atoms. The van der Waals surface area contributed by atoms with Gasteiger partial charge in [-0.15, -0.1) is 0 Å². The third-order valence-electron chi connectivity index (χ3n) is 9.86. The van der Waals surface area contributed by atoms with E-state index in [1.165, 1.54) is 12.1 Å². The van der Waals surface area contributed by atoms with Gasteiger partial charge in [-0.25, -0.2) is 4.79 Å². The van der Waals surface area contributed by atoms with Gasteiger partial charge in [-0.3, -0.25) is 19.2 Å². The fourth-order valence-corrected chi connectivity index (χ4v) is 6.51. The fraction of sp³-hybridized carbons (Fsp3) is 0.711. The lowest BCUT2D eigenvalue weighted by Gasteiger charge is -2.31. The molecular formula is C38H66N8O7. The van der Waals surface area contributed by atoms with E-state index >= 15 is 0 Å². The van der Waals surface area contributed by atoms with Crippen LogP contribution in [-0.4, -0.2) is 107 Å². The second-order valence-electron chi connectivity index (χ2n) is 14.8. The van der Waals surface area contributed by atoms with Crippen molar-refractivity contribution in [2.75, 3.05) is 26.2 Å². The summed E-state index contributed by atoms with van der Waals surface area (Å²) in [5.41, 5.74) is 18.3. The minimum absolute atomic E-state index is 0.000946. The lowest BCUT2D eigenvalue weighted by molar-refractivity contribution is -0.143. The van der Waals surface area contributed by atoms with Crippen molar-refractivity contribution in [3.8, 4) is 5.75 Å². The molecule has 1 aliphatic rings. The Balaban J connectivity index is 2.31. The third kappa shape index (κ3) is 15.6. The SMILES string of the molecule is CC[C@@H](C)[C@H](NC(=O)[C@H](Cc1ccc(O)cc1)NC(=O)[C@H]1CCCN1C(=O)[C@@H](CCCCN)NC[C@H](N)CCCCN)C(=O)N[C@H](CC(C)C)C(=O)O. The summed E-state index contributed by atoms with van der Waals surface area (Å²) < 4.78 is 0. The molecule has 4 amide bonds. The molecule has 0 aromatic heterocycles. The number of carboxylic acid groups (broad SMARTS) is 1. The average Bonchev–Trinajstić information content (AvgIpc) is 3.62. The lowest BCUT2D eigenvalue weighted by atomic mass is 9.96. The normalized spacial score (nSPS) is 17.7. The molecule has 1 heterocycles. The van der Waals surface area contributed by atoms with E-state index in [-0.39, 0.29) is 42.4 Å². The number of aliphatic carboxylic acids is 1. The van der Waals surface area contributed by atoms with E-state index in [0.29, 0.717) is 57.4 Å². The Hall–Kier alpha value is -3.79. The van der Waals surface area contributed by atoms with E-state index in [0.717, 1.165) is 32.1 Å². The maximum Gasteiger partial charge on any atom is 0.326 e. The zero-order valence-corrected chi connectivity index (χ0v) is 32.1. The summed E-state index contributed by atoms with van der Waals surface area (Å²) in [5, 5.41) is 31.2. The van der Waals surface area contributed by atoms with Crippen LogP contribution in [-0.2, 0) is 30.4 Å². The smallest absolute Gasteiger partial charge is 0.326 e. The highest BCUT2D eigenvalue weighted by Gasteiger charge is 2.39. The first kappa shape index (κ1) is 45.4. The van der Waals surface area contributed by atoms with Gasteiger partial charge < -0.3 is 53.6 Å². The van der Waals surface area contributed by atoms with E-state index in [4.69, 9.17) is 17.2 Å². The van der Waals surface area contributed by atoms with Crippen LogP contribution >= 0.6 is 0 Å². The second-order valence-corrected chi connectivity index (χ2v) is 14.8. The van der Waals surface area contributed by atoms with E-state index in [1.54, 1.807) is 24.0 Å². The quantitative estimate of drug-likeness (QED) is 0.0641. The number of hydrogen-bond donors (Lipinski definition) is 9.